The van der Waals surface area contributed by atoms with Crippen LogP contribution in [0.1, 0.15) is 30.0 Å². The molecule has 36 heavy (non-hydrogen) atoms. The number of piperidine rings is 1. The molecule has 0 radical (unpaired) electrons. The van der Waals surface area contributed by atoms with Gasteiger partial charge >= 0.3 is 6.03 Å². The Labute approximate surface area is 209 Å². The van der Waals surface area contributed by atoms with Gasteiger partial charge in [-0.1, -0.05) is 78.9 Å². The molecule has 2 bridgehead atoms. The third-order valence-corrected chi connectivity index (χ3v) is 6.56. The van der Waals surface area contributed by atoms with Gasteiger partial charge in [0, 0.05) is 12.2 Å². The van der Waals surface area contributed by atoms with Gasteiger partial charge in [0.2, 0.25) is 5.91 Å². The minimum absolute atomic E-state index is 0.100. The molecule has 3 atom stereocenters. The van der Waals surface area contributed by atoms with Gasteiger partial charge in [-0.15, -0.1) is 0 Å². The lowest BCUT2D eigenvalue weighted by molar-refractivity contribution is -0.140. The van der Waals surface area contributed by atoms with Crippen molar-refractivity contribution < 1.29 is 19.2 Å². The number of amides is 4. The number of nitrogens with zero attached hydrogens (tertiary/aromatic N) is 2. The van der Waals surface area contributed by atoms with Crippen molar-refractivity contribution in [3.8, 4) is 0 Å². The van der Waals surface area contributed by atoms with Crippen molar-refractivity contribution in [1.29, 1.82) is 0 Å². The molecule has 2 N–H and O–H groups in total. The summed E-state index contributed by atoms with van der Waals surface area (Å²) in [7, 11) is 0. The lowest BCUT2D eigenvalue weighted by atomic mass is 9.99. The summed E-state index contributed by atoms with van der Waals surface area (Å²) >= 11 is 0. The topological polar surface area (TPSA) is 91.0 Å². The molecule has 2 aliphatic heterocycles. The van der Waals surface area contributed by atoms with Crippen LogP contribution in [0.4, 0.5) is 10.5 Å². The number of anilines is 1. The molecule has 2 heterocycles. The van der Waals surface area contributed by atoms with Crippen molar-refractivity contribution in [2.45, 2.75) is 37.6 Å². The van der Waals surface area contributed by atoms with Crippen LogP contribution in [-0.2, 0) is 21.0 Å². The number of urea groups is 1. The van der Waals surface area contributed by atoms with Gasteiger partial charge in [-0.2, -0.15) is 5.06 Å². The van der Waals surface area contributed by atoms with E-state index >= 15 is 0 Å². The zero-order valence-corrected chi connectivity index (χ0v) is 19.7. The zero-order chi connectivity index (χ0) is 24.9. The zero-order valence-electron chi connectivity index (χ0n) is 19.7. The molecule has 4 amide bonds. The minimum atomic E-state index is -0.903. The molecule has 0 aliphatic carbocycles. The van der Waals surface area contributed by atoms with Crippen LogP contribution >= 0.6 is 0 Å². The smallest absolute Gasteiger partial charge is 0.339 e. The number of para-hydroxylation sites is 1. The van der Waals surface area contributed by atoms with E-state index in [0.29, 0.717) is 30.6 Å². The summed E-state index contributed by atoms with van der Waals surface area (Å²) in [5, 5.41) is 7.16. The molecule has 2 saturated heterocycles. The molecule has 5 rings (SSSR count). The van der Waals surface area contributed by atoms with Crippen LogP contribution in [0.5, 0.6) is 0 Å². The van der Waals surface area contributed by atoms with Crippen molar-refractivity contribution in [2.75, 3.05) is 11.9 Å². The molecule has 0 unspecified atom stereocenters. The Morgan fingerprint density at radius 1 is 0.889 bits per heavy atom. The first-order valence-electron chi connectivity index (χ1n) is 12.1. The number of benzene rings is 3. The normalized spacial score (nSPS) is 19.6. The second kappa shape index (κ2) is 10.6. The summed E-state index contributed by atoms with van der Waals surface area (Å²) in [6, 6.07) is 25.8. The van der Waals surface area contributed by atoms with Gasteiger partial charge in [0.15, 0.2) is 0 Å². The van der Waals surface area contributed by atoms with Crippen LogP contribution in [0.3, 0.4) is 0 Å². The van der Waals surface area contributed by atoms with Crippen molar-refractivity contribution in [3.63, 3.8) is 0 Å². The third kappa shape index (κ3) is 5.08. The second-order valence-corrected chi connectivity index (χ2v) is 8.97. The predicted octanol–water partition coefficient (Wildman–Crippen LogP) is 3.88. The third-order valence-electron chi connectivity index (χ3n) is 6.56. The molecule has 2 aliphatic rings. The summed E-state index contributed by atoms with van der Waals surface area (Å²) in [6.45, 7) is 0.696. The number of hydrogen-bond acceptors (Lipinski definition) is 4. The first-order valence-corrected chi connectivity index (χ1v) is 12.1. The van der Waals surface area contributed by atoms with Crippen molar-refractivity contribution in [3.05, 3.63) is 102 Å². The molecule has 3 aromatic carbocycles. The Balaban J connectivity index is 1.27. The Morgan fingerprint density at radius 2 is 1.53 bits per heavy atom. The Hall–Kier alpha value is -4.17. The number of carbonyl (C=O) groups excluding carboxylic acids is 3. The molecular formula is C28H28N4O4. The summed E-state index contributed by atoms with van der Waals surface area (Å²) < 4.78 is 0. The average molecular weight is 485 g/mol. The van der Waals surface area contributed by atoms with Crippen LogP contribution in [-0.4, -0.2) is 46.4 Å². The Morgan fingerprint density at radius 3 is 2.22 bits per heavy atom. The van der Waals surface area contributed by atoms with Crippen LogP contribution < -0.4 is 10.6 Å². The maximum atomic E-state index is 13.4. The van der Waals surface area contributed by atoms with E-state index in [0.717, 1.165) is 5.56 Å². The molecule has 0 aromatic heterocycles. The monoisotopic (exact) mass is 484 g/mol. The summed E-state index contributed by atoms with van der Waals surface area (Å²) in [6.07, 6.45) is 1.14. The fraction of sp³-hybridized carbons (Fsp3) is 0.250. The van der Waals surface area contributed by atoms with Gasteiger partial charge in [-0.05, 0) is 36.1 Å². The van der Waals surface area contributed by atoms with Crippen LogP contribution in [0.15, 0.2) is 91.0 Å². The molecule has 0 spiro atoms. The van der Waals surface area contributed by atoms with E-state index in [1.165, 1.54) is 5.06 Å². The molecule has 3 aromatic rings. The minimum Gasteiger partial charge on any atom is -0.339 e. The predicted molar refractivity (Wildman–Crippen MR) is 134 cm³/mol. The number of carbonyl (C=O) groups is 3. The Kier molecular flexibility index (Phi) is 6.95. The Bertz CT molecular complexity index is 1210. The summed E-state index contributed by atoms with van der Waals surface area (Å²) in [5.74, 6) is -0.709. The molecule has 2 fully saturated rings. The molecule has 184 valence electrons. The number of rotatable bonds is 8. The summed E-state index contributed by atoms with van der Waals surface area (Å²) in [4.78, 5) is 47.1. The average Bonchev–Trinajstić information content (AvgIpc) is 3.16. The van der Waals surface area contributed by atoms with E-state index in [1.54, 1.807) is 29.2 Å². The lowest BCUT2D eigenvalue weighted by Gasteiger charge is -2.30. The van der Waals surface area contributed by atoms with Gasteiger partial charge < -0.3 is 15.5 Å². The quantitative estimate of drug-likeness (QED) is 0.508. The van der Waals surface area contributed by atoms with Gasteiger partial charge in [0.1, 0.15) is 18.7 Å². The highest BCUT2D eigenvalue weighted by atomic mass is 16.7. The number of hydrogen-bond donors (Lipinski definition) is 2. The number of fused-ring (bicyclic) bond motifs is 2. The van der Waals surface area contributed by atoms with Crippen molar-refractivity contribution in [2.24, 2.45) is 0 Å². The standard InChI is InChI=1S/C28H28N4O4/c33-26(30-25(21-12-6-2-7-13-21)27(34)29-22-14-8-3-9-15-22)24-17-16-23-18-31(24)28(35)32(23)36-19-20-10-4-1-5-11-20/h1-15,23-25H,16-19H2,(H,29,34)(H,30,33)/t23-,24+,25-/m1/s1. The fourth-order valence-electron chi connectivity index (χ4n) is 4.71. The molecule has 8 nitrogen and oxygen atoms in total. The number of nitrogens with one attached hydrogen (secondary N) is 2. The van der Waals surface area contributed by atoms with E-state index in [9.17, 15) is 14.4 Å². The van der Waals surface area contributed by atoms with Gasteiger partial charge in [0.05, 0.1) is 6.04 Å². The highest BCUT2D eigenvalue weighted by Gasteiger charge is 2.48. The highest BCUT2D eigenvalue weighted by molar-refractivity contribution is 5.99. The van der Waals surface area contributed by atoms with E-state index in [-0.39, 0.29) is 30.5 Å². The van der Waals surface area contributed by atoms with Gasteiger partial charge in [0.25, 0.3) is 5.91 Å². The van der Waals surface area contributed by atoms with E-state index in [1.807, 2.05) is 66.7 Å². The van der Waals surface area contributed by atoms with Crippen LogP contribution in [0.25, 0.3) is 0 Å². The molecular weight excluding hydrogens is 456 g/mol. The van der Waals surface area contributed by atoms with Gasteiger partial charge in [-0.25, -0.2) is 4.79 Å². The van der Waals surface area contributed by atoms with Crippen LogP contribution in [0.2, 0.25) is 0 Å². The van der Waals surface area contributed by atoms with Crippen molar-refractivity contribution in [1.82, 2.24) is 15.3 Å². The van der Waals surface area contributed by atoms with Crippen LogP contribution in [0, 0.1) is 0 Å². The largest absolute Gasteiger partial charge is 0.345 e. The van der Waals surface area contributed by atoms with E-state index in [2.05, 4.69) is 10.6 Å². The first-order chi connectivity index (χ1) is 17.6. The SMILES string of the molecule is O=C(Nc1ccccc1)[C@H](NC(=O)[C@@H]1CC[C@@H]2CN1C(=O)N2OCc1ccccc1)c1ccccc1. The fourth-order valence-corrected chi connectivity index (χ4v) is 4.71. The maximum Gasteiger partial charge on any atom is 0.345 e. The van der Waals surface area contributed by atoms with E-state index < -0.39 is 12.1 Å². The number of hydroxylamine groups is 2. The van der Waals surface area contributed by atoms with Gasteiger partial charge in [-0.3, -0.25) is 14.4 Å². The highest BCUT2D eigenvalue weighted by Crippen LogP contribution is 2.31. The molecule has 0 saturated carbocycles. The lowest BCUT2D eigenvalue weighted by Crippen LogP contribution is -2.51. The van der Waals surface area contributed by atoms with Crippen molar-refractivity contribution >= 4 is 23.5 Å². The summed E-state index contributed by atoms with van der Waals surface area (Å²) in [5.41, 5.74) is 2.26. The second-order valence-electron chi connectivity index (χ2n) is 8.97. The first kappa shape index (κ1) is 23.6. The maximum absolute atomic E-state index is 13.4. The molecule has 8 heteroatoms. The van der Waals surface area contributed by atoms with E-state index in [4.69, 9.17) is 4.84 Å².